The minimum Gasteiger partial charge on any atom is -0.481 e. The van der Waals surface area contributed by atoms with Crippen molar-refractivity contribution in [2.75, 3.05) is 13.2 Å². The molecule has 5 heteroatoms. The predicted octanol–water partition coefficient (Wildman–Crippen LogP) is 0.847. The van der Waals surface area contributed by atoms with Gasteiger partial charge in [-0.3, -0.25) is 4.79 Å². The van der Waals surface area contributed by atoms with E-state index >= 15 is 0 Å². The fourth-order valence-corrected chi connectivity index (χ4v) is 2.16. The van der Waals surface area contributed by atoms with Crippen molar-refractivity contribution in [1.82, 2.24) is 5.32 Å². The van der Waals surface area contributed by atoms with Gasteiger partial charge >= 0.3 is 5.97 Å². The van der Waals surface area contributed by atoms with Gasteiger partial charge in [0.15, 0.2) is 0 Å². The van der Waals surface area contributed by atoms with Gasteiger partial charge in [0.05, 0.1) is 6.42 Å². The molecule has 0 aliphatic heterocycles. The summed E-state index contributed by atoms with van der Waals surface area (Å²) in [7, 11) is 0. The topological polar surface area (TPSA) is 69.6 Å². The van der Waals surface area contributed by atoms with E-state index in [0.717, 1.165) is 29.3 Å². The van der Waals surface area contributed by atoms with Crippen molar-refractivity contribution in [2.45, 2.75) is 19.4 Å². The highest BCUT2D eigenvalue weighted by atomic mass is 32.1. The van der Waals surface area contributed by atoms with E-state index in [1.54, 1.807) is 0 Å². The molecule has 0 aliphatic rings. The Morgan fingerprint density at radius 1 is 1.40 bits per heavy atom. The van der Waals surface area contributed by atoms with Gasteiger partial charge in [-0.1, -0.05) is 0 Å². The first-order valence-electron chi connectivity index (χ1n) is 4.83. The molecule has 0 amide bonds. The van der Waals surface area contributed by atoms with E-state index in [1.165, 1.54) is 11.3 Å². The molecule has 0 radical (unpaired) electrons. The number of hydrogen-bond donors (Lipinski definition) is 3. The largest absolute Gasteiger partial charge is 0.481 e. The monoisotopic (exact) mass is 229 g/mol. The third kappa shape index (κ3) is 4.92. The highest BCUT2D eigenvalue weighted by Crippen LogP contribution is 2.16. The van der Waals surface area contributed by atoms with Crippen LogP contribution in [0.2, 0.25) is 0 Å². The zero-order valence-electron chi connectivity index (χ0n) is 8.40. The van der Waals surface area contributed by atoms with E-state index in [-0.39, 0.29) is 13.0 Å². The summed E-state index contributed by atoms with van der Waals surface area (Å²) in [5.74, 6) is -0.795. The normalized spacial score (nSPS) is 10.5. The smallest absolute Gasteiger partial charge is 0.308 e. The van der Waals surface area contributed by atoms with Crippen molar-refractivity contribution in [2.24, 2.45) is 0 Å². The molecule has 0 atom stereocenters. The van der Waals surface area contributed by atoms with Crippen LogP contribution in [0, 0.1) is 0 Å². The second kappa shape index (κ2) is 6.55. The summed E-state index contributed by atoms with van der Waals surface area (Å²) >= 11 is 1.51. The summed E-state index contributed by atoms with van der Waals surface area (Å²) < 4.78 is 0. The van der Waals surface area contributed by atoms with Crippen LogP contribution in [0.1, 0.15) is 16.2 Å². The molecule has 3 N–H and O–H groups in total. The minimum absolute atomic E-state index is 0.0985. The second-order valence-electron chi connectivity index (χ2n) is 3.19. The van der Waals surface area contributed by atoms with Gasteiger partial charge in [-0.15, -0.1) is 11.3 Å². The molecule has 0 saturated heterocycles. The third-order valence-electron chi connectivity index (χ3n) is 1.85. The Bertz CT molecular complexity index is 311. The molecule has 0 bridgehead atoms. The van der Waals surface area contributed by atoms with Crippen LogP contribution in [-0.2, 0) is 17.8 Å². The minimum atomic E-state index is -0.795. The Labute approximate surface area is 92.6 Å². The number of carboxylic acid groups (broad SMARTS) is 1. The first-order chi connectivity index (χ1) is 7.22. The summed E-state index contributed by atoms with van der Waals surface area (Å²) in [5, 5.41) is 20.3. The van der Waals surface area contributed by atoms with E-state index in [1.807, 2.05) is 12.1 Å². The van der Waals surface area contributed by atoms with Gasteiger partial charge in [-0.05, 0) is 25.1 Å². The Morgan fingerprint density at radius 2 is 2.13 bits per heavy atom. The quantitative estimate of drug-likeness (QED) is 0.606. The molecule has 1 rings (SSSR count). The molecule has 0 aromatic carbocycles. The van der Waals surface area contributed by atoms with Crippen molar-refractivity contribution >= 4 is 17.3 Å². The van der Waals surface area contributed by atoms with Crippen LogP contribution in [0.4, 0.5) is 0 Å². The number of nitrogens with one attached hydrogen (secondary N) is 1. The maximum atomic E-state index is 10.4. The maximum absolute atomic E-state index is 10.4. The summed E-state index contributed by atoms with van der Waals surface area (Å²) in [5.41, 5.74) is 0. The number of rotatable bonds is 7. The van der Waals surface area contributed by atoms with Crippen molar-refractivity contribution in [3.8, 4) is 0 Å². The lowest BCUT2D eigenvalue weighted by atomic mass is 10.3. The zero-order chi connectivity index (χ0) is 11.1. The standard InChI is InChI=1S/C10H15NO3S/c12-5-1-4-11-7-9-3-2-8(15-9)6-10(13)14/h2-3,11-12H,1,4-7H2,(H,13,14). The first kappa shape index (κ1) is 12.2. The molecule has 1 heterocycles. The molecule has 0 aliphatic carbocycles. The van der Waals surface area contributed by atoms with Crippen LogP contribution in [0.25, 0.3) is 0 Å². The molecule has 84 valence electrons. The van der Waals surface area contributed by atoms with Gasteiger partial charge in [-0.25, -0.2) is 0 Å². The molecule has 0 fully saturated rings. The molecule has 15 heavy (non-hydrogen) atoms. The zero-order valence-corrected chi connectivity index (χ0v) is 9.22. The van der Waals surface area contributed by atoms with Crippen molar-refractivity contribution in [3.63, 3.8) is 0 Å². The highest BCUT2D eigenvalue weighted by Gasteiger charge is 2.03. The fraction of sp³-hybridized carbons (Fsp3) is 0.500. The van der Waals surface area contributed by atoms with E-state index in [0.29, 0.717) is 0 Å². The Morgan fingerprint density at radius 3 is 2.80 bits per heavy atom. The summed E-state index contributed by atoms with van der Waals surface area (Å²) in [4.78, 5) is 12.4. The molecule has 1 aromatic heterocycles. The van der Waals surface area contributed by atoms with Crippen molar-refractivity contribution in [1.29, 1.82) is 0 Å². The van der Waals surface area contributed by atoms with Gasteiger partial charge in [0.1, 0.15) is 0 Å². The Kier molecular flexibility index (Phi) is 5.31. The maximum Gasteiger partial charge on any atom is 0.308 e. The van der Waals surface area contributed by atoms with Gasteiger partial charge in [0.25, 0.3) is 0 Å². The SMILES string of the molecule is O=C(O)Cc1ccc(CNCCCO)s1. The van der Waals surface area contributed by atoms with E-state index in [2.05, 4.69) is 5.32 Å². The van der Waals surface area contributed by atoms with E-state index in [4.69, 9.17) is 10.2 Å². The lowest BCUT2D eigenvalue weighted by molar-refractivity contribution is -0.136. The third-order valence-corrected chi connectivity index (χ3v) is 2.94. The summed E-state index contributed by atoms with van der Waals surface area (Å²) in [6.45, 7) is 1.72. The van der Waals surface area contributed by atoms with Gasteiger partial charge in [-0.2, -0.15) is 0 Å². The summed E-state index contributed by atoms with van der Waals surface area (Å²) in [6, 6.07) is 3.79. The molecule has 0 unspecified atom stereocenters. The second-order valence-corrected chi connectivity index (χ2v) is 4.45. The molecule has 4 nitrogen and oxygen atoms in total. The Balaban J connectivity index is 2.29. The number of aliphatic hydroxyl groups excluding tert-OH is 1. The van der Waals surface area contributed by atoms with Crippen LogP contribution in [0.15, 0.2) is 12.1 Å². The number of aliphatic hydroxyl groups is 1. The van der Waals surface area contributed by atoms with E-state index < -0.39 is 5.97 Å². The number of carboxylic acids is 1. The van der Waals surface area contributed by atoms with E-state index in [9.17, 15) is 4.79 Å². The molecule has 1 aromatic rings. The van der Waals surface area contributed by atoms with Crippen molar-refractivity contribution in [3.05, 3.63) is 21.9 Å². The van der Waals surface area contributed by atoms with Crippen LogP contribution in [-0.4, -0.2) is 29.3 Å². The van der Waals surface area contributed by atoms with Gasteiger partial charge < -0.3 is 15.5 Å². The predicted molar refractivity (Wildman–Crippen MR) is 59.1 cm³/mol. The average molecular weight is 229 g/mol. The first-order valence-corrected chi connectivity index (χ1v) is 5.65. The van der Waals surface area contributed by atoms with Gasteiger partial charge in [0.2, 0.25) is 0 Å². The fourth-order valence-electron chi connectivity index (χ4n) is 1.18. The van der Waals surface area contributed by atoms with Crippen LogP contribution < -0.4 is 5.32 Å². The molecule has 0 saturated carbocycles. The van der Waals surface area contributed by atoms with Crippen LogP contribution in [0.5, 0.6) is 0 Å². The number of thiophene rings is 1. The summed E-state index contributed by atoms with van der Waals surface area (Å²) in [6.07, 6.45) is 0.842. The highest BCUT2D eigenvalue weighted by molar-refractivity contribution is 7.12. The van der Waals surface area contributed by atoms with Crippen molar-refractivity contribution < 1.29 is 15.0 Å². The molecule has 0 spiro atoms. The molecular weight excluding hydrogens is 214 g/mol. The molecular formula is C10H15NO3S. The number of hydrogen-bond acceptors (Lipinski definition) is 4. The van der Waals surface area contributed by atoms with Crippen LogP contribution in [0.3, 0.4) is 0 Å². The van der Waals surface area contributed by atoms with Gasteiger partial charge in [0, 0.05) is 22.9 Å². The lowest BCUT2D eigenvalue weighted by Crippen LogP contribution is -2.14. The number of carbonyl (C=O) groups is 1. The number of aliphatic carboxylic acids is 1. The lowest BCUT2D eigenvalue weighted by Gasteiger charge is -1.99. The van der Waals surface area contributed by atoms with Crippen LogP contribution >= 0.6 is 11.3 Å². The Hall–Kier alpha value is -0.910. The average Bonchev–Trinajstić information content (AvgIpc) is 2.59.